The summed E-state index contributed by atoms with van der Waals surface area (Å²) in [6, 6.07) is 13.7. The Hall–Kier alpha value is -2.64. The van der Waals surface area contributed by atoms with Gasteiger partial charge in [0.2, 0.25) is 0 Å². The molecular formula is C22H26N3O3S+. The number of ether oxygens (including phenoxy) is 2. The highest BCUT2D eigenvalue weighted by Gasteiger charge is 2.28. The molecule has 0 bridgehead atoms. The first-order valence-corrected chi connectivity index (χ1v) is 10.7. The summed E-state index contributed by atoms with van der Waals surface area (Å²) in [6.07, 6.45) is 2.24. The normalized spacial score (nSPS) is 19.1. The molecule has 0 spiro atoms. The molecule has 0 aliphatic carbocycles. The summed E-state index contributed by atoms with van der Waals surface area (Å²) in [4.78, 5) is 18.8. The number of anilines is 1. The van der Waals surface area contributed by atoms with Gasteiger partial charge in [-0.05, 0) is 37.1 Å². The molecule has 1 unspecified atom stereocenters. The van der Waals surface area contributed by atoms with Crippen molar-refractivity contribution in [3.63, 3.8) is 0 Å². The zero-order valence-corrected chi connectivity index (χ0v) is 17.6. The molecule has 1 aromatic heterocycles. The molecule has 6 nitrogen and oxygen atoms in total. The summed E-state index contributed by atoms with van der Waals surface area (Å²) >= 11 is 1.78. The number of piperidine rings is 1. The first-order chi connectivity index (χ1) is 14.2. The molecule has 1 fully saturated rings. The monoisotopic (exact) mass is 412 g/mol. The van der Waals surface area contributed by atoms with Crippen molar-refractivity contribution in [2.24, 2.45) is 0 Å². The van der Waals surface area contributed by atoms with Crippen LogP contribution in [0.5, 0.6) is 11.5 Å². The van der Waals surface area contributed by atoms with E-state index in [2.05, 4.69) is 23.5 Å². The molecule has 2 aromatic carbocycles. The Morgan fingerprint density at radius 1 is 1.24 bits per heavy atom. The quantitative estimate of drug-likeness (QED) is 0.653. The number of nitrogens with one attached hydrogen (secondary N) is 2. The number of methoxy groups -OCH3 is 2. The largest absolute Gasteiger partial charge is 0.497 e. The number of amides is 1. The van der Waals surface area contributed by atoms with E-state index in [1.54, 1.807) is 37.7 Å². The Morgan fingerprint density at radius 3 is 2.90 bits per heavy atom. The molecule has 1 aliphatic heterocycles. The summed E-state index contributed by atoms with van der Waals surface area (Å²) in [5, 5.41) is 4.17. The van der Waals surface area contributed by atoms with Crippen LogP contribution in [-0.4, -0.2) is 44.7 Å². The number of hydrogen-bond donors (Lipinski definition) is 2. The number of hydrogen-bond acceptors (Lipinski definition) is 5. The highest BCUT2D eigenvalue weighted by molar-refractivity contribution is 7.18. The van der Waals surface area contributed by atoms with Gasteiger partial charge < -0.3 is 19.7 Å². The summed E-state index contributed by atoms with van der Waals surface area (Å²) < 4.78 is 11.8. The fourth-order valence-electron chi connectivity index (χ4n) is 3.92. The minimum absolute atomic E-state index is 0.0171. The van der Waals surface area contributed by atoms with Crippen LogP contribution in [0.15, 0.2) is 42.5 Å². The SMILES string of the molecule is COc1ccc(OC)c(NC(=O)C[NH+]2CCC[C@H](c3nc4ccccc4s3)C2)c1. The van der Waals surface area contributed by atoms with E-state index in [1.807, 2.05) is 12.1 Å². The number of rotatable bonds is 6. The van der Waals surface area contributed by atoms with Crippen molar-refractivity contribution in [1.82, 2.24) is 4.98 Å². The van der Waals surface area contributed by atoms with Gasteiger partial charge in [-0.15, -0.1) is 11.3 Å². The summed E-state index contributed by atoms with van der Waals surface area (Å²) in [5.41, 5.74) is 1.71. The Morgan fingerprint density at radius 2 is 2.10 bits per heavy atom. The molecule has 1 aliphatic rings. The van der Waals surface area contributed by atoms with Crippen LogP contribution in [0.2, 0.25) is 0 Å². The summed E-state index contributed by atoms with van der Waals surface area (Å²) in [5.74, 6) is 1.70. The van der Waals surface area contributed by atoms with Crippen molar-refractivity contribution < 1.29 is 19.2 Å². The van der Waals surface area contributed by atoms with Gasteiger partial charge in [0.15, 0.2) is 6.54 Å². The lowest BCUT2D eigenvalue weighted by atomic mass is 9.99. The third-order valence-corrected chi connectivity index (χ3v) is 6.57. The summed E-state index contributed by atoms with van der Waals surface area (Å²) in [6.45, 7) is 2.37. The number of carbonyl (C=O) groups is 1. The van der Waals surface area contributed by atoms with Crippen LogP contribution in [0.1, 0.15) is 23.8 Å². The highest BCUT2D eigenvalue weighted by atomic mass is 32.1. The van der Waals surface area contributed by atoms with Crippen LogP contribution in [0.3, 0.4) is 0 Å². The van der Waals surface area contributed by atoms with Crippen molar-refractivity contribution in [2.45, 2.75) is 18.8 Å². The lowest BCUT2D eigenvalue weighted by molar-refractivity contribution is -0.898. The van der Waals surface area contributed by atoms with Crippen LogP contribution in [0, 0.1) is 0 Å². The molecule has 2 heterocycles. The van der Waals surface area contributed by atoms with Crippen LogP contribution >= 0.6 is 11.3 Å². The first kappa shape index (κ1) is 19.7. The van der Waals surface area contributed by atoms with Crippen molar-refractivity contribution in [3.8, 4) is 11.5 Å². The number of para-hydroxylation sites is 1. The van der Waals surface area contributed by atoms with Crippen molar-refractivity contribution >= 4 is 33.1 Å². The fraction of sp³-hybridized carbons (Fsp3) is 0.364. The minimum atomic E-state index is -0.0171. The number of aromatic nitrogens is 1. The maximum absolute atomic E-state index is 12.7. The summed E-state index contributed by atoms with van der Waals surface area (Å²) in [7, 11) is 3.20. The third kappa shape index (κ3) is 4.52. The van der Waals surface area contributed by atoms with E-state index in [9.17, 15) is 4.79 Å². The topological polar surface area (TPSA) is 64.9 Å². The molecule has 1 amide bonds. The van der Waals surface area contributed by atoms with Crippen LogP contribution in [0.25, 0.3) is 10.2 Å². The van der Waals surface area contributed by atoms with Crippen LogP contribution in [0.4, 0.5) is 5.69 Å². The van der Waals surface area contributed by atoms with Crippen LogP contribution in [-0.2, 0) is 4.79 Å². The van der Waals surface area contributed by atoms with Gasteiger partial charge in [-0.3, -0.25) is 4.79 Å². The molecule has 3 aromatic rings. The van der Waals surface area contributed by atoms with E-state index in [-0.39, 0.29) is 5.91 Å². The number of nitrogens with zero attached hydrogens (tertiary/aromatic N) is 1. The minimum Gasteiger partial charge on any atom is -0.497 e. The smallest absolute Gasteiger partial charge is 0.279 e. The van der Waals surface area contributed by atoms with Gasteiger partial charge in [-0.2, -0.15) is 0 Å². The second-order valence-corrected chi connectivity index (χ2v) is 8.42. The highest BCUT2D eigenvalue weighted by Crippen LogP contribution is 2.30. The molecule has 152 valence electrons. The molecule has 2 atom stereocenters. The number of benzene rings is 2. The zero-order chi connectivity index (χ0) is 20.2. The third-order valence-electron chi connectivity index (χ3n) is 5.37. The Bertz CT molecular complexity index is 971. The molecule has 0 radical (unpaired) electrons. The van der Waals surface area contributed by atoms with Gasteiger partial charge in [-0.1, -0.05) is 12.1 Å². The van der Waals surface area contributed by atoms with Crippen molar-refractivity contribution in [3.05, 3.63) is 47.5 Å². The molecule has 7 heteroatoms. The second-order valence-electron chi connectivity index (χ2n) is 7.35. The lowest BCUT2D eigenvalue weighted by Crippen LogP contribution is -3.14. The predicted octanol–water partition coefficient (Wildman–Crippen LogP) is 2.71. The van der Waals surface area contributed by atoms with Crippen molar-refractivity contribution in [2.75, 3.05) is 39.2 Å². The standard InChI is InChI=1S/C22H25N3O3S/c1-27-16-9-10-19(28-2)18(12-16)23-21(26)14-25-11-5-6-15(13-25)22-24-17-7-3-4-8-20(17)29-22/h3-4,7-10,12,15H,5-6,11,13-14H2,1-2H3,(H,23,26)/p+1/t15-/m0/s1. The van der Waals surface area contributed by atoms with Gasteiger partial charge in [-0.25, -0.2) is 4.98 Å². The molecule has 2 N–H and O–H groups in total. The number of thiazole rings is 1. The van der Waals surface area contributed by atoms with E-state index in [4.69, 9.17) is 14.5 Å². The number of fused-ring (bicyclic) bond motifs is 1. The van der Waals surface area contributed by atoms with Gasteiger partial charge in [0.05, 0.1) is 49.1 Å². The molecule has 4 rings (SSSR count). The lowest BCUT2D eigenvalue weighted by Gasteiger charge is -2.28. The van der Waals surface area contributed by atoms with Gasteiger partial charge in [0.25, 0.3) is 5.91 Å². The molecular weight excluding hydrogens is 386 g/mol. The first-order valence-electron chi connectivity index (χ1n) is 9.87. The zero-order valence-electron chi connectivity index (χ0n) is 16.7. The average Bonchev–Trinajstić information content (AvgIpc) is 3.18. The maximum Gasteiger partial charge on any atom is 0.279 e. The number of likely N-dealkylation sites (tertiary alicyclic amines) is 1. The number of quaternary nitrogens is 1. The Labute approximate surface area is 174 Å². The van der Waals surface area contributed by atoms with Crippen molar-refractivity contribution in [1.29, 1.82) is 0 Å². The number of carbonyl (C=O) groups excluding carboxylic acids is 1. The average molecular weight is 413 g/mol. The molecule has 1 saturated heterocycles. The Balaban J connectivity index is 1.41. The van der Waals surface area contributed by atoms with Gasteiger partial charge in [0, 0.05) is 6.07 Å². The van der Waals surface area contributed by atoms with Gasteiger partial charge in [0.1, 0.15) is 16.5 Å². The van der Waals surface area contributed by atoms with E-state index in [1.165, 1.54) is 14.6 Å². The molecule has 0 saturated carbocycles. The van der Waals surface area contributed by atoms with E-state index in [0.717, 1.165) is 31.4 Å². The predicted molar refractivity (Wildman–Crippen MR) is 115 cm³/mol. The maximum atomic E-state index is 12.7. The Kier molecular flexibility index (Phi) is 5.97. The van der Waals surface area contributed by atoms with E-state index >= 15 is 0 Å². The molecule has 29 heavy (non-hydrogen) atoms. The van der Waals surface area contributed by atoms with Gasteiger partial charge >= 0.3 is 0 Å². The fourth-order valence-corrected chi connectivity index (χ4v) is 5.02. The van der Waals surface area contributed by atoms with E-state index in [0.29, 0.717) is 29.6 Å². The van der Waals surface area contributed by atoms with E-state index < -0.39 is 0 Å². The van der Waals surface area contributed by atoms with Crippen LogP contribution < -0.4 is 19.7 Å². The second kappa shape index (κ2) is 8.80.